The minimum absolute atomic E-state index is 1.22. The van der Waals surface area contributed by atoms with Crippen molar-refractivity contribution in [1.29, 1.82) is 0 Å². The van der Waals surface area contributed by atoms with E-state index in [1.165, 1.54) is 98.4 Å². The second-order valence-corrected chi connectivity index (χ2v) is 13.3. The van der Waals surface area contributed by atoms with Gasteiger partial charge in [0.2, 0.25) is 0 Å². The lowest BCUT2D eigenvalue weighted by Crippen LogP contribution is -1.93. The Morgan fingerprint density at radius 2 is 0.680 bits per heavy atom. The minimum atomic E-state index is 1.22. The van der Waals surface area contributed by atoms with E-state index >= 15 is 0 Å². The van der Waals surface area contributed by atoms with E-state index in [9.17, 15) is 0 Å². The van der Waals surface area contributed by atoms with Crippen LogP contribution in [0.15, 0.2) is 194 Å². The second-order valence-electron chi connectivity index (χ2n) is 13.3. The summed E-state index contributed by atoms with van der Waals surface area (Å²) in [6, 6.07) is 71.5. The van der Waals surface area contributed by atoms with Crippen molar-refractivity contribution in [2.24, 2.45) is 0 Å². The van der Waals surface area contributed by atoms with Gasteiger partial charge in [-0.2, -0.15) is 0 Å². The number of rotatable bonds is 4. The van der Waals surface area contributed by atoms with E-state index in [-0.39, 0.29) is 0 Å². The molecular formula is C50H32. The third kappa shape index (κ3) is 4.69. The molecule has 0 bridgehead atoms. The molecule has 0 nitrogen and oxygen atoms in total. The van der Waals surface area contributed by atoms with E-state index in [0.717, 1.165) is 0 Å². The summed E-state index contributed by atoms with van der Waals surface area (Å²) in [5, 5.41) is 12.5. The van der Waals surface area contributed by atoms with Crippen LogP contribution in [0.2, 0.25) is 0 Å². The van der Waals surface area contributed by atoms with Gasteiger partial charge >= 0.3 is 0 Å². The van der Waals surface area contributed by atoms with E-state index in [1.54, 1.807) is 0 Å². The molecule has 0 N–H and O–H groups in total. The fraction of sp³-hybridized carbons (Fsp3) is 0. The summed E-state index contributed by atoms with van der Waals surface area (Å²) in [6.07, 6.45) is 0. The van der Waals surface area contributed by atoms with Crippen molar-refractivity contribution in [1.82, 2.24) is 0 Å². The summed E-state index contributed by atoms with van der Waals surface area (Å²) in [5.41, 5.74) is 9.91. The molecule has 0 radical (unpaired) electrons. The maximum absolute atomic E-state index is 2.44. The Morgan fingerprint density at radius 1 is 0.200 bits per heavy atom. The van der Waals surface area contributed by atoms with Crippen molar-refractivity contribution in [3.63, 3.8) is 0 Å². The highest BCUT2D eigenvalue weighted by atomic mass is 14.2. The van der Waals surface area contributed by atoms with Crippen LogP contribution in [0.4, 0.5) is 0 Å². The van der Waals surface area contributed by atoms with Crippen LogP contribution < -0.4 is 0 Å². The summed E-state index contributed by atoms with van der Waals surface area (Å²) >= 11 is 0. The van der Waals surface area contributed by atoms with Crippen molar-refractivity contribution in [3.05, 3.63) is 194 Å². The molecule has 0 fully saturated rings. The van der Waals surface area contributed by atoms with Gasteiger partial charge in [-0.15, -0.1) is 0 Å². The van der Waals surface area contributed by atoms with Gasteiger partial charge in [0.25, 0.3) is 0 Å². The first-order valence-corrected chi connectivity index (χ1v) is 17.3. The Morgan fingerprint density at radius 3 is 1.32 bits per heavy atom. The van der Waals surface area contributed by atoms with E-state index in [1.807, 2.05) is 0 Å². The molecule has 0 unspecified atom stereocenters. The summed E-state index contributed by atoms with van der Waals surface area (Å²) in [6.45, 7) is 0. The van der Waals surface area contributed by atoms with Crippen LogP contribution in [0, 0.1) is 0 Å². The monoisotopic (exact) mass is 632 g/mol. The molecule has 50 heavy (non-hydrogen) atoms. The molecule has 0 spiro atoms. The van der Waals surface area contributed by atoms with Crippen molar-refractivity contribution >= 4 is 53.9 Å². The molecule has 0 saturated carbocycles. The number of hydrogen-bond acceptors (Lipinski definition) is 0. The average Bonchev–Trinajstić information content (AvgIpc) is 3.19. The Labute approximate surface area is 291 Å². The summed E-state index contributed by atoms with van der Waals surface area (Å²) in [7, 11) is 0. The van der Waals surface area contributed by atoms with Crippen LogP contribution in [0.5, 0.6) is 0 Å². The third-order valence-corrected chi connectivity index (χ3v) is 10.4. The van der Waals surface area contributed by atoms with E-state index in [4.69, 9.17) is 0 Å². The zero-order valence-electron chi connectivity index (χ0n) is 27.5. The maximum Gasteiger partial charge on any atom is -0.00259 e. The zero-order chi connectivity index (χ0) is 33.0. The quantitative estimate of drug-likeness (QED) is 0.169. The molecule has 0 saturated heterocycles. The van der Waals surface area contributed by atoms with Gasteiger partial charge in [-0.25, -0.2) is 0 Å². The Balaban J connectivity index is 1.36. The molecular weight excluding hydrogens is 601 g/mol. The Hall–Kier alpha value is -6.50. The molecule has 10 aromatic rings. The molecule has 0 aromatic heterocycles. The highest BCUT2D eigenvalue weighted by Crippen LogP contribution is 2.47. The molecule has 10 aromatic carbocycles. The fourth-order valence-electron chi connectivity index (χ4n) is 7.99. The van der Waals surface area contributed by atoms with Gasteiger partial charge in [-0.05, 0) is 123 Å². The molecule has 0 heteroatoms. The minimum Gasteiger partial charge on any atom is -0.0622 e. The van der Waals surface area contributed by atoms with Crippen LogP contribution in [0.1, 0.15) is 0 Å². The predicted molar refractivity (Wildman–Crippen MR) is 216 cm³/mol. The van der Waals surface area contributed by atoms with Crippen LogP contribution in [-0.4, -0.2) is 0 Å². The molecule has 0 aliphatic heterocycles. The van der Waals surface area contributed by atoms with Gasteiger partial charge in [-0.3, -0.25) is 0 Å². The van der Waals surface area contributed by atoms with Gasteiger partial charge in [0, 0.05) is 0 Å². The highest BCUT2D eigenvalue weighted by Gasteiger charge is 2.19. The molecule has 0 aliphatic rings. The summed E-state index contributed by atoms with van der Waals surface area (Å²) in [4.78, 5) is 0. The zero-order valence-corrected chi connectivity index (χ0v) is 27.5. The standard InChI is InChI=1S/C50H32/c1-2-11-33(12-3-1)39-25-27-45-47(31-39)49(41-23-21-34-13-4-6-16-37(34)29-41)46-28-26-40(44-20-10-18-36-15-8-9-19-43(36)44)32-48(46)50(45)42-24-22-35-14-5-7-17-38(35)30-42/h1-32H. The molecule has 0 amide bonds. The maximum atomic E-state index is 2.44. The highest BCUT2D eigenvalue weighted by molar-refractivity contribution is 6.23. The molecule has 232 valence electrons. The third-order valence-electron chi connectivity index (χ3n) is 10.4. The molecule has 0 heterocycles. The van der Waals surface area contributed by atoms with Crippen LogP contribution in [0.3, 0.4) is 0 Å². The van der Waals surface area contributed by atoms with Gasteiger partial charge in [-0.1, -0.05) is 170 Å². The Bertz CT molecular complexity index is 2910. The first kappa shape index (κ1) is 28.5. The van der Waals surface area contributed by atoms with E-state index in [0.29, 0.717) is 0 Å². The van der Waals surface area contributed by atoms with Crippen LogP contribution in [-0.2, 0) is 0 Å². The smallest absolute Gasteiger partial charge is 0.00259 e. The van der Waals surface area contributed by atoms with Crippen molar-refractivity contribution < 1.29 is 0 Å². The van der Waals surface area contributed by atoms with Crippen molar-refractivity contribution in [3.8, 4) is 44.5 Å². The Kier molecular flexibility index (Phi) is 6.60. The first-order chi connectivity index (χ1) is 24.8. The molecule has 0 aliphatic carbocycles. The number of hydrogen-bond donors (Lipinski definition) is 0. The number of benzene rings is 10. The molecule has 10 rings (SSSR count). The first-order valence-electron chi connectivity index (χ1n) is 17.3. The van der Waals surface area contributed by atoms with Crippen molar-refractivity contribution in [2.45, 2.75) is 0 Å². The van der Waals surface area contributed by atoms with E-state index in [2.05, 4.69) is 194 Å². The summed E-state index contributed by atoms with van der Waals surface area (Å²) < 4.78 is 0. The lowest BCUT2D eigenvalue weighted by molar-refractivity contribution is 1.63. The fourth-order valence-corrected chi connectivity index (χ4v) is 7.99. The largest absolute Gasteiger partial charge is 0.0622 e. The number of fused-ring (bicyclic) bond motifs is 5. The van der Waals surface area contributed by atoms with Gasteiger partial charge in [0.1, 0.15) is 0 Å². The second kappa shape index (κ2) is 11.6. The molecule has 0 atom stereocenters. The van der Waals surface area contributed by atoms with Gasteiger partial charge < -0.3 is 0 Å². The lowest BCUT2D eigenvalue weighted by Gasteiger charge is -2.20. The van der Waals surface area contributed by atoms with Crippen molar-refractivity contribution in [2.75, 3.05) is 0 Å². The van der Waals surface area contributed by atoms with Gasteiger partial charge in [0.15, 0.2) is 0 Å². The topological polar surface area (TPSA) is 0 Å². The van der Waals surface area contributed by atoms with E-state index < -0.39 is 0 Å². The summed E-state index contributed by atoms with van der Waals surface area (Å²) in [5.74, 6) is 0. The lowest BCUT2D eigenvalue weighted by atomic mass is 9.83. The van der Waals surface area contributed by atoms with Gasteiger partial charge in [0.05, 0.1) is 0 Å². The van der Waals surface area contributed by atoms with Crippen LogP contribution >= 0.6 is 0 Å². The SMILES string of the molecule is c1ccc(-c2ccc3c(-c4ccc5ccccc5c4)c4cc(-c5cccc6ccccc56)ccc4c(-c4ccc5ccccc5c4)c3c2)cc1. The average molecular weight is 633 g/mol. The normalized spacial score (nSPS) is 11.6. The predicted octanol–water partition coefficient (Wildman–Crippen LogP) is 14.1. The van der Waals surface area contributed by atoms with Crippen LogP contribution in [0.25, 0.3) is 98.4 Å².